The first-order valence-electron chi connectivity index (χ1n) is 4.11. The highest BCUT2D eigenvalue weighted by atomic mass is 32.1. The van der Waals surface area contributed by atoms with Crippen LogP contribution in [-0.4, -0.2) is 15.4 Å². The number of nitrogens with zero attached hydrogens (tertiary/aromatic N) is 2. The van der Waals surface area contributed by atoms with Gasteiger partial charge in [0.05, 0.1) is 16.8 Å². The summed E-state index contributed by atoms with van der Waals surface area (Å²) in [6.45, 7) is 0. The SMILES string of the molecule is NC(Cc1nsc2ccccc12)=NO. The van der Waals surface area contributed by atoms with Crippen molar-refractivity contribution >= 4 is 27.5 Å². The molecule has 0 bridgehead atoms. The summed E-state index contributed by atoms with van der Waals surface area (Å²) in [5.41, 5.74) is 6.28. The monoisotopic (exact) mass is 207 g/mol. The highest BCUT2D eigenvalue weighted by Crippen LogP contribution is 2.22. The van der Waals surface area contributed by atoms with Crippen LogP contribution >= 0.6 is 11.5 Å². The summed E-state index contributed by atoms with van der Waals surface area (Å²) in [5, 5.41) is 12.4. The third-order valence-corrected chi connectivity index (χ3v) is 2.79. The topological polar surface area (TPSA) is 71.5 Å². The summed E-state index contributed by atoms with van der Waals surface area (Å²) in [7, 11) is 0. The van der Waals surface area contributed by atoms with Crippen molar-refractivity contribution < 1.29 is 5.21 Å². The van der Waals surface area contributed by atoms with E-state index in [2.05, 4.69) is 9.53 Å². The number of benzene rings is 1. The molecule has 0 atom stereocenters. The fourth-order valence-corrected chi connectivity index (χ4v) is 2.07. The van der Waals surface area contributed by atoms with Crippen molar-refractivity contribution in [2.24, 2.45) is 10.9 Å². The van der Waals surface area contributed by atoms with Gasteiger partial charge in [-0.25, -0.2) is 0 Å². The van der Waals surface area contributed by atoms with Crippen LogP contribution < -0.4 is 5.73 Å². The van der Waals surface area contributed by atoms with E-state index in [0.29, 0.717) is 6.42 Å². The van der Waals surface area contributed by atoms with Crippen LogP contribution in [-0.2, 0) is 6.42 Å². The molecule has 1 heterocycles. The number of rotatable bonds is 2. The van der Waals surface area contributed by atoms with Crippen LogP contribution in [0.5, 0.6) is 0 Å². The summed E-state index contributed by atoms with van der Waals surface area (Å²) in [5.74, 6) is 0.182. The number of oxime groups is 1. The van der Waals surface area contributed by atoms with Gasteiger partial charge in [0.15, 0.2) is 0 Å². The predicted molar refractivity (Wildman–Crippen MR) is 56.7 cm³/mol. The van der Waals surface area contributed by atoms with Gasteiger partial charge < -0.3 is 10.9 Å². The van der Waals surface area contributed by atoms with Crippen LogP contribution in [0.25, 0.3) is 10.1 Å². The highest BCUT2D eigenvalue weighted by Gasteiger charge is 2.06. The summed E-state index contributed by atoms with van der Waals surface area (Å²) in [6, 6.07) is 7.90. The van der Waals surface area contributed by atoms with Crippen molar-refractivity contribution in [2.45, 2.75) is 6.42 Å². The molecule has 4 nitrogen and oxygen atoms in total. The Morgan fingerprint density at radius 3 is 3.07 bits per heavy atom. The molecule has 1 aromatic carbocycles. The Morgan fingerprint density at radius 1 is 1.50 bits per heavy atom. The molecule has 0 fully saturated rings. The first-order chi connectivity index (χ1) is 6.81. The van der Waals surface area contributed by atoms with Gasteiger partial charge in [0.1, 0.15) is 5.84 Å². The molecule has 0 spiro atoms. The van der Waals surface area contributed by atoms with Crippen LogP contribution in [0.2, 0.25) is 0 Å². The largest absolute Gasteiger partial charge is 0.409 e. The van der Waals surface area contributed by atoms with Gasteiger partial charge in [0.25, 0.3) is 0 Å². The standard InChI is InChI=1S/C9H9N3OS/c10-9(11-13)5-7-6-3-1-2-4-8(6)14-12-7/h1-4,13H,5H2,(H2,10,11). The maximum absolute atomic E-state index is 8.44. The Morgan fingerprint density at radius 2 is 2.29 bits per heavy atom. The number of hydrogen-bond acceptors (Lipinski definition) is 4. The van der Waals surface area contributed by atoms with Crippen molar-refractivity contribution in [1.29, 1.82) is 0 Å². The Bertz CT molecular complexity index is 478. The first kappa shape index (κ1) is 8.96. The molecule has 0 unspecified atom stereocenters. The summed E-state index contributed by atoms with van der Waals surface area (Å²) < 4.78 is 5.37. The van der Waals surface area contributed by atoms with Gasteiger partial charge >= 0.3 is 0 Å². The molecule has 0 aliphatic rings. The molecule has 0 radical (unpaired) electrons. The molecule has 0 aliphatic heterocycles. The van der Waals surface area contributed by atoms with E-state index >= 15 is 0 Å². The van der Waals surface area contributed by atoms with E-state index in [4.69, 9.17) is 10.9 Å². The van der Waals surface area contributed by atoms with Crippen LogP contribution in [0.4, 0.5) is 0 Å². The van der Waals surface area contributed by atoms with Crippen molar-refractivity contribution in [3.8, 4) is 0 Å². The second-order valence-electron chi connectivity index (χ2n) is 2.89. The van der Waals surface area contributed by atoms with Crippen molar-refractivity contribution in [3.63, 3.8) is 0 Å². The molecule has 0 amide bonds. The van der Waals surface area contributed by atoms with E-state index < -0.39 is 0 Å². The van der Waals surface area contributed by atoms with E-state index in [9.17, 15) is 0 Å². The molecule has 0 saturated carbocycles. The van der Waals surface area contributed by atoms with E-state index in [1.54, 1.807) is 0 Å². The number of fused-ring (bicyclic) bond motifs is 1. The molecular formula is C9H9N3OS. The molecular weight excluding hydrogens is 198 g/mol. The van der Waals surface area contributed by atoms with Gasteiger partial charge in [0, 0.05) is 5.39 Å². The lowest BCUT2D eigenvalue weighted by atomic mass is 10.2. The lowest BCUT2D eigenvalue weighted by Gasteiger charge is -1.94. The van der Waals surface area contributed by atoms with Crippen molar-refractivity contribution in [1.82, 2.24) is 4.37 Å². The minimum atomic E-state index is 0.182. The van der Waals surface area contributed by atoms with E-state index in [-0.39, 0.29) is 5.84 Å². The normalized spacial score (nSPS) is 12.1. The van der Waals surface area contributed by atoms with Gasteiger partial charge in [-0.3, -0.25) is 0 Å². The van der Waals surface area contributed by atoms with Crippen molar-refractivity contribution in [3.05, 3.63) is 30.0 Å². The second-order valence-corrected chi connectivity index (χ2v) is 3.70. The Balaban J connectivity index is 2.43. The summed E-state index contributed by atoms with van der Waals surface area (Å²) in [6.07, 6.45) is 0.389. The maximum atomic E-state index is 8.44. The Kier molecular flexibility index (Phi) is 2.32. The highest BCUT2D eigenvalue weighted by molar-refractivity contribution is 7.13. The van der Waals surface area contributed by atoms with E-state index in [1.807, 2.05) is 24.3 Å². The maximum Gasteiger partial charge on any atom is 0.145 e. The minimum Gasteiger partial charge on any atom is -0.409 e. The fourth-order valence-electron chi connectivity index (χ4n) is 1.27. The molecule has 1 aromatic heterocycles. The van der Waals surface area contributed by atoms with Crippen molar-refractivity contribution in [2.75, 3.05) is 0 Å². The van der Waals surface area contributed by atoms with Gasteiger partial charge in [-0.15, -0.1) is 0 Å². The first-order valence-corrected chi connectivity index (χ1v) is 4.88. The molecule has 14 heavy (non-hydrogen) atoms. The molecule has 3 N–H and O–H groups in total. The van der Waals surface area contributed by atoms with Crippen LogP contribution in [0, 0.1) is 0 Å². The number of nitrogens with two attached hydrogens (primary N) is 1. The summed E-state index contributed by atoms with van der Waals surface area (Å²) in [4.78, 5) is 0. The second kappa shape index (κ2) is 3.63. The smallest absolute Gasteiger partial charge is 0.145 e. The zero-order chi connectivity index (χ0) is 9.97. The number of aromatic nitrogens is 1. The van der Waals surface area contributed by atoms with E-state index in [1.165, 1.54) is 11.5 Å². The molecule has 5 heteroatoms. The van der Waals surface area contributed by atoms with Gasteiger partial charge in [-0.2, -0.15) is 4.37 Å². The predicted octanol–water partition coefficient (Wildman–Crippen LogP) is 1.59. The average Bonchev–Trinajstić information content (AvgIpc) is 2.62. The summed E-state index contributed by atoms with van der Waals surface area (Å²) >= 11 is 1.42. The third-order valence-electron chi connectivity index (χ3n) is 1.93. The molecule has 2 rings (SSSR count). The number of hydrogen-bond donors (Lipinski definition) is 2. The molecule has 0 saturated heterocycles. The van der Waals surface area contributed by atoms with Gasteiger partial charge in [0.2, 0.25) is 0 Å². The van der Waals surface area contributed by atoms with Gasteiger partial charge in [-0.05, 0) is 17.6 Å². The minimum absolute atomic E-state index is 0.182. The zero-order valence-corrected chi connectivity index (χ0v) is 8.16. The zero-order valence-electron chi connectivity index (χ0n) is 7.34. The molecule has 2 aromatic rings. The van der Waals surface area contributed by atoms with Crippen LogP contribution in [0.1, 0.15) is 5.69 Å². The van der Waals surface area contributed by atoms with Crippen LogP contribution in [0.3, 0.4) is 0 Å². The van der Waals surface area contributed by atoms with Gasteiger partial charge in [-0.1, -0.05) is 23.4 Å². The molecule has 0 aliphatic carbocycles. The third kappa shape index (κ3) is 1.54. The quantitative estimate of drug-likeness (QED) is 0.340. The van der Waals surface area contributed by atoms with E-state index in [0.717, 1.165) is 15.8 Å². The Labute approximate surface area is 84.8 Å². The Hall–Kier alpha value is -1.62. The lowest BCUT2D eigenvalue weighted by molar-refractivity contribution is 0.317. The average molecular weight is 207 g/mol. The molecule has 72 valence electrons. The fraction of sp³-hybridized carbons (Fsp3) is 0.111. The number of amidine groups is 1. The van der Waals surface area contributed by atoms with Crippen LogP contribution in [0.15, 0.2) is 29.4 Å². The lowest BCUT2D eigenvalue weighted by Crippen LogP contribution is -2.14.